The van der Waals surface area contributed by atoms with Crippen LogP contribution >= 0.6 is 11.8 Å². The van der Waals surface area contributed by atoms with Gasteiger partial charge < -0.3 is 5.32 Å². The van der Waals surface area contributed by atoms with Crippen LogP contribution < -0.4 is 5.32 Å². The van der Waals surface area contributed by atoms with Crippen molar-refractivity contribution in [2.45, 2.75) is 56.9 Å². The van der Waals surface area contributed by atoms with E-state index in [0.717, 1.165) is 18.4 Å². The van der Waals surface area contributed by atoms with Gasteiger partial charge >= 0.3 is 0 Å². The molecule has 0 radical (unpaired) electrons. The van der Waals surface area contributed by atoms with Crippen molar-refractivity contribution >= 4 is 17.7 Å². The Morgan fingerprint density at radius 3 is 2.58 bits per heavy atom. The predicted molar refractivity (Wildman–Crippen MR) is 104 cm³/mol. The summed E-state index contributed by atoms with van der Waals surface area (Å²) in [7, 11) is 0. The fourth-order valence-corrected chi connectivity index (χ4v) is 3.71. The SMILES string of the molecule is CCCC(NC(=O)C(C)Sc1nc(C)nc(C)c1C#N)c1ccccc1. The van der Waals surface area contributed by atoms with Crippen molar-refractivity contribution in [3.63, 3.8) is 0 Å². The summed E-state index contributed by atoms with van der Waals surface area (Å²) < 4.78 is 0. The number of thioether (sulfide) groups is 1. The maximum atomic E-state index is 12.7. The Kier molecular flexibility index (Phi) is 7.16. The summed E-state index contributed by atoms with van der Waals surface area (Å²) in [5, 5.41) is 12.7. The molecule has 0 aliphatic rings. The van der Waals surface area contributed by atoms with E-state index in [0.29, 0.717) is 22.1 Å². The molecule has 0 aliphatic heterocycles. The van der Waals surface area contributed by atoms with Gasteiger partial charge in [0.1, 0.15) is 22.5 Å². The minimum absolute atomic E-state index is 0.0129. The van der Waals surface area contributed by atoms with E-state index in [1.807, 2.05) is 37.3 Å². The average Bonchev–Trinajstić information content (AvgIpc) is 2.61. The first-order valence-corrected chi connectivity index (χ1v) is 9.61. The number of rotatable bonds is 7. The van der Waals surface area contributed by atoms with E-state index in [9.17, 15) is 10.1 Å². The Hall–Kier alpha value is -2.39. The van der Waals surface area contributed by atoms with E-state index in [4.69, 9.17) is 0 Å². The van der Waals surface area contributed by atoms with Gasteiger partial charge in [0.2, 0.25) is 5.91 Å². The van der Waals surface area contributed by atoms with Crippen molar-refractivity contribution in [2.24, 2.45) is 0 Å². The van der Waals surface area contributed by atoms with Gasteiger partial charge in [0.25, 0.3) is 0 Å². The zero-order valence-corrected chi connectivity index (χ0v) is 16.4. The molecule has 1 aromatic carbocycles. The Morgan fingerprint density at radius 2 is 1.96 bits per heavy atom. The molecule has 0 aliphatic carbocycles. The molecule has 136 valence electrons. The monoisotopic (exact) mass is 368 g/mol. The van der Waals surface area contributed by atoms with Gasteiger partial charge in [0.05, 0.1) is 17.0 Å². The summed E-state index contributed by atoms with van der Waals surface area (Å²) in [6.07, 6.45) is 1.85. The van der Waals surface area contributed by atoms with Crippen molar-refractivity contribution in [1.82, 2.24) is 15.3 Å². The molecular weight excluding hydrogens is 344 g/mol. The molecule has 1 N–H and O–H groups in total. The van der Waals surface area contributed by atoms with Gasteiger partial charge in [0.15, 0.2) is 0 Å². The molecule has 0 saturated carbocycles. The molecule has 2 unspecified atom stereocenters. The number of nitrogens with one attached hydrogen (secondary N) is 1. The van der Waals surface area contributed by atoms with Crippen LogP contribution in [0.15, 0.2) is 35.4 Å². The fraction of sp³-hybridized carbons (Fsp3) is 0.400. The number of amides is 1. The topological polar surface area (TPSA) is 78.7 Å². The first-order chi connectivity index (χ1) is 12.5. The molecule has 2 atom stereocenters. The lowest BCUT2D eigenvalue weighted by atomic mass is 10.0. The highest BCUT2D eigenvalue weighted by atomic mass is 32.2. The number of nitrogens with zero attached hydrogens (tertiary/aromatic N) is 3. The molecule has 6 heteroatoms. The summed E-state index contributed by atoms with van der Waals surface area (Å²) in [5.41, 5.74) is 2.18. The van der Waals surface area contributed by atoms with Crippen LogP contribution in [0.2, 0.25) is 0 Å². The van der Waals surface area contributed by atoms with Crippen LogP contribution in [-0.2, 0) is 4.79 Å². The Balaban J connectivity index is 2.13. The van der Waals surface area contributed by atoms with Gasteiger partial charge in [-0.25, -0.2) is 9.97 Å². The van der Waals surface area contributed by atoms with Gasteiger partial charge in [-0.3, -0.25) is 4.79 Å². The van der Waals surface area contributed by atoms with Crippen LogP contribution in [0.25, 0.3) is 0 Å². The van der Waals surface area contributed by atoms with Gasteiger partial charge in [-0.15, -0.1) is 0 Å². The van der Waals surface area contributed by atoms with E-state index < -0.39 is 0 Å². The van der Waals surface area contributed by atoms with Gasteiger partial charge in [-0.05, 0) is 32.8 Å². The zero-order valence-electron chi connectivity index (χ0n) is 15.6. The third-order valence-electron chi connectivity index (χ3n) is 4.03. The molecule has 1 amide bonds. The molecule has 5 nitrogen and oxygen atoms in total. The van der Waals surface area contributed by atoms with Crippen LogP contribution in [0.3, 0.4) is 0 Å². The summed E-state index contributed by atoms with van der Waals surface area (Å²) in [6, 6.07) is 12.1. The highest BCUT2D eigenvalue weighted by molar-refractivity contribution is 8.00. The summed E-state index contributed by atoms with van der Waals surface area (Å²) in [5.74, 6) is 0.542. The maximum Gasteiger partial charge on any atom is 0.233 e. The molecule has 2 aromatic rings. The van der Waals surface area contributed by atoms with E-state index in [-0.39, 0.29) is 17.2 Å². The Labute approximate surface area is 159 Å². The Morgan fingerprint density at radius 1 is 1.27 bits per heavy atom. The van der Waals surface area contributed by atoms with E-state index in [1.54, 1.807) is 13.8 Å². The third-order valence-corrected chi connectivity index (χ3v) is 5.12. The highest BCUT2D eigenvalue weighted by Gasteiger charge is 2.22. The average molecular weight is 369 g/mol. The molecule has 1 heterocycles. The summed E-state index contributed by atoms with van der Waals surface area (Å²) >= 11 is 1.30. The smallest absolute Gasteiger partial charge is 0.233 e. The number of nitriles is 1. The summed E-state index contributed by atoms with van der Waals surface area (Å²) in [4.78, 5) is 21.3. The lowest BCUT2D eigenvalue weighted by molar-refractivity contribution is -0.121. The quantitative estimate of drug-likeness (QED) is 0.588. The minimum Gasteiger partial charge on any atom is -0.348 e. The fourth-order valence-electron chi connectivity index (χ4n) is 2.70. The van der Waals surface area contributed by atoms with E-state index >= 15 is 0 Å². The van der Waals surface area contributed by atoms with E-state index in [2.05, 4.69) is 28.3 Å². The predicted octanol–water partition coefficient (Wildman–Crippen LogP) is 4.10. The second-order valence-electron chi connectivity index (χ2n) is 6.17. The molecule has 0 saturated heterocycles. The van der Waals surface area contributed by atoms with Crippen molar-refractivity contribution in [3.05, 3.63) is 53.0 Å². The lowest BCUT2D eigenvalue weighted by Crippen LogP contribution is -2.34. The summed E-state index contributed by atoms with van der Waals surface area (Å²) in [6.45, 7) is 7.51. The number of aryl methyl sites for hydroxylation is 2. The van der Waals surface area contributed by atoms with E-state index in [1.165, 1.54) is 11.8 Å². The van der Waals surface area contributed by atoms with Crippen LogP contribution in [0.4, 0.5) is 0 Å². The lowest BCUT2D eigenvalue weighted by Gasteiger charge is -2.21. The second kappa shape index (κ2) is 9.35. The molecule has 2 rings (SSSR count). The molecule has 0 fully saturated rings. The number of hydrogen-bond acceptors (Lipinski definition) is 5. The van der Waals surface area contributed by atoms with Crippen LogP contribution in [0.5, 0.6) is 0 Å². The normalized spacial score (nSPS) is 12.9. The molecular formula is C20H24N4OS. The number of hydrogen-bond donors (Lipinski definition) is 1. The van der Waals surface area contributed by atoms with Crippen molar-refractivity contribution in [1.29, 1.82) is 5.26 Å². The number of carbonyl (C=O) groups excluding carboxylic acids is 1. The number of carbonyl (C=O) groups is 1. The van der Waals surface area contributed by atoms with Crippen molar-refractivity contribution in [3.8, 4) is 6.07 Å². The number of aromatic nitrogens is 2. The molecule has 0 bridgehead atoms. The first-order valence-electron chi connectivity index (χ1n) is 8.73. The number of benzene rings is 1. The molecule has 1 aromatic heterocycles. The maximum absolute atomic E-state index is 12.7. The van der Waals surface area contributed by atoms with Crippen LogP contribution in [0, 0.1) is 25.2 Å². The minimum atomic E-state index is -0.362. The Bertz CT molecular complexity index is 801. The van der Waals surface area contributed by atoms with Gasteiger partial charge in [-0.1, -0.05) is 55.4 Å². The largest absolute Gasteiger partial charge is 0.348 e. The second-order valence-corrected chi connectivity index (χ2v) is 7.50. The standard InChI is InChI=1S/C20H24N4OS/c1-5-9-18(16-10-7-6-8-11-16)24-19(25)14(3)26-20-17(12-21)13(2)22-15(4)23-20/h6-8,10-11,14,18H,5,9H2,1-4H3,(H,24,25). The third kappa shape index (κ3) is 5.06. The van der Waals surface area contributed by atoms with Crippen LogP contribution in [0.1, 0.15) is 55.4 Å². The van der Waals surface area contributed by atoms with Crippen molar-refractivity contribution in [2.75, 3.05) is 0 Å². The van der Waals surface area contributed by atoms with Crippen molar-refractivity contribution < 1.29 is 4.79 Å². The van der Waals surface area contributed by atoms with Crippen LogP contribution in [-0.4, -0.2) is 21.1 Å². The van der Waals surface area contributed by atoms with Gasteiger partial charge in [0, 0.05) is 0 Å². The molecule has 26 heavy (non-hydrogen) atoms. The highest BCUT2D eigenvalue weighted by Crippen LogP contribution is 2.27. The first kappa shape index (κ1) is 19.9. The zero-order chi connectivity index (χ0) is 19.1. The van der Waals surface area contributed by atoms with Gasteiger partial charge in [-0.2, -0.15) is 5.26 Å². The molecule has 0 spiro atoms.